The van der Waals surface area contributed by atoms with Crippen LogP contribution in [0, 0.1) is 0 Å². The number of carbonyl (C=O) groups is 3. The van der Waals surface area contributed by atoms with Crippen LogP contribution >= 0.6 is 11.8 Å². The third-order valence-corrected chi connectivity index (χ3v) is 11.0. The first-order chi connectivity index (χ1) is 23.8. The maximum atomic E-state index is 14.3. The molecule has 0 spiro atoms. The Hall–Kier alpha value is -4.27. The number of fused-ring (bicyclic) bond motifs is 1. The number of carboxylic acids is 1. The smallest absolute Gasteiger partial charge is 0.325 e. The summed E-state index contributed by atoms with van der Waals surface area (Å²) >= 11 is 1.33. The highest BCUT2D eigenvalue weighted by atomic mass is 32.2. The van der Waals surface area contributed by atoms with Crippen LogP contribution in [0.4, 0.5) is 11.4 Å². The number of rotatable bonds is 16. The first-order valence-electron chi connectivity index (χ1n) is 16.7. The molecule has 50 heavy (non-hydrogen) atoms. The number of unbranched alkanes of at least 4 members (excludes halogenated alkanes) is 2. The van der Waals surface area contributed by atoms with Crippen LogP contribution in [0.25, 0.3) is 0 Å². The first kappa shape index (κ1) is 38.5. The number of para-hydroxylation sites is 2. The molecule has 14 heteroatoms. The molecule has 4 rings (SSSR count). The molecule has 12 nitrogen and oxygen atoms in total. The summed E-state index contributed by atoms with van der Waals surface area (Å²) in [6, 6.07) is 16.0. The molecule has 0 aromatic heterocycles. The lowest BCUT2D eigenvalue weighted by atomic mass is 9.87. The van der Waals surface area contributed by atoms with Crippen LogP contribution in [0.2, 0.25) is 0 Å². The quantitative estimate of drug-likeness (QED) is 0.119. The zero-order valence-electron chi connectivity index (χ0n) is 28.8. The molecule has 0 unspecified atom stereocenters. The average Bonchev–Trinajstić information content (AvgIpc) is 3.19. The van der Waals surface area contributed by atoms with Crippen LogP contribution in [0.1, 0.15) is 70.9 Å². The van der Waals surface area contributed by atoms with E-state index in [0.29, 0.717) is 30.0 Å². The largest absolute Gasteiger partial charge is 0.508 e. The van der Waals surface area contributed by atoms with E-state index in [2.05, 4.69) is 29.2 Å². The number of hydrogen-bond donors (Lipinski definition) is 5. The van der Waals surface area contributed by atoms with Gasteiger partial charge in [-0.15, -0.1) is 11.8 Å². The maximum Gasteiger partial charge on any atom is 0.325 e. The molecule has 270 valence electrons. The van der Waals surface area contributed by atoms with Gasteiger partial charge < -0.3 is 30.5 Å². The van der Waals surface area contributed by atoms with Gasteiger partial charge in [0.2, 0.25) is 15.9 Å². The summed E-state index contributed by atoms with van der Waals surface area (Å²) in [5, 5.41) is 24.5. The normalized spacial score (nSPS) is 16.0. The summed E-state index contributed by atoms with van der Waals surface area (Å²) in [5.41, 5.74) is 0.662. The number of nitrogens with zero attached hydrogens (tertiary/aromatic N) is 1. The SMILES string of the molecule is CCCCC1(CCCC)CN(c2ccccc2)c2cc(SC)c(OCC(=O)N[C@@H](C(=O)N[C@@H](C)C(=O)O)c3ccccc3O)cc2S(=O)(=O)N1. The van der Waals surface area contributed by atoms with Gasteiger partial charge in [-0.25, -0.2) is 13.1 Å². The lowest BCUT2D eigenvalue weighted by Crippen LogP contribution is -2.53. The number of ether oxygens (including phenoxy) is 1. The fraction of sp³-hybridized carbons (Fsp3) is 0.417. The number of aliphatic carboxylic acids is 1. The highest BCUT2D eigenvalue weighted by Crippen LogP contribution is 2.44. The van der Waals surface area contributed by atoms with E-state index in [-0.39, 0.29) is 22.0 Å². The summed E-state index contributed by atoms with van der Waals surface area (Å²) in [5.74, 6) is -3.01. The molecule has 0 saturated heterocycles. The summed E-state index contributed by atoms with van der Waals surface area (Å²) in [7, 11) is -4.07. The molecule has 1 heterocycles. The highest BCUT2D eigenvalue weighted by molar-refractivity contribution is 7.98. The Morgan fingerprint density at radius 3 is 2.24 bits per heavy atom. The molecule has 2 atom stereocenters. The van der Waals surface area contributed by atoms with Gasteiger partial charge in [-0.1, -0.05) is 75.9 Å². The van der Waals surface area contributed by atoms with Gasteiger partial charge in [0.05, 0.1) is 16.1 Å². The number of aromatic hydroxyl groups is 1. The Balaban J connectivity index is 1.70. The molecule has 0 bridgehead atoms. The van der Waals surface area contributed by atoms with E-state index < -0.39 is 52.0 Å². The number of carbonyl (C=O) groups excluding carboxylic acids is 2. The minimum absolute atomic E-state index is 0.0125. The number of phenols is 1. The Morgan fingerprint density at radius 1 is 1.00 bits per heavy atom. The van der Waals surface area contributed by atoms with Gasteiger partial charge >= 0.3 is 5.97 Å². The molecule has 0 aliphatic carbocycles. The molecule has 1 aliphatic rings. The van der Waals surface area contributed by atoms with Gasteiger partial charge in [0.15, 0.2) is 6.61 Å². The number of nitrogens with one attached hydrogen (secondary N) is 3. The third kappa shape index (κ3) is 9.29. The second-order valence-electron chi connectivity index (χ2n) is 12.4. The standard InChI is InChI=1S/C36H46N4O8S2/c1-5-7-18-36(19-8-6-2)23-40(25-14-10-9-11-15-25)27-20-30(49-4)29(21-31(27)50(46,47)39-36)48-22-32(42)38-33(26-16-12-13-17-28(26)41)34(43)37-24(3)35(44)45/h9-17,20-21,24,33,39,41H,5-8,18-19,22-23H2,1-4H3,(H,37,43)(H,38,42)(H,44,45)/t24-,33+/m0/s1. The van der Waals surface area contributed by atoms with E-state index in [4.69, 9.17) is 4.74 Å². The van der Waals surface area contributed by atoms with Crippen molar-refractivity contribution >= 4 is 50.9 Å². The number of phenolic OH excluding ortho intramolecular Hbond substituents is 1. The van der Waals surface area contributed by atoms with Crippen LogP contribution < -0.4 is 25.0 Å². The maximum absolute atomic E-state index is 14.3. The number of anilines is 2. The van der Waals surface area contributed by atoms with Crippen LogP contribution in [-0.2, 0) is 24.4 Å². The van der Waals surface area contributed by atoms with E-state index in [9.17, 15) is 33.0 Å². The molecule has 1 aliphatic heterocycles. The second-order valence-corrected chi connectivity index (χ2v) is 14.9. The summed E-state index contributed by atoms with van der Waals surface area (Å²) in [6.07, 6.45) is 6.66. The fourth-order valence-electron chi connectivity index (χ4n) is 5.96. The average molecular weight is 727 g/mol. The number of thioether (sulfide) groups is 1. The highest BCUT2D eigenvalue weighted by Gasteiger charge is 2.42. The first-order valence-corrected chi connectivity index (χ1v) is 19.4. The molecule has 0 radical (unpaired) electrons. The Morgan fingerprint density at radius 2 is 1.64 bits per heavy atom. The van der Waals surface area contributed by atoms with Crippen molar-refractivity contribution in [3.8, 4) is 11.5 Å². The van der Waals surface area contributed by atoms with E-state index in [0.717, 1.165) is 31.4 Å². The summed E-state index contributed by atoms with van der Waals surface area (Å²) in [6.45, 7) is 5.26. The van der Waals surface area contributed by atoms with Crippen molar-refractivity contribution < 1.29 is 37.8 Å². The van der Waals surface area contributed by atoms with Crippen molar-refractivity contribution in [1.82, 2.24) is 15.4 Å². The monoisotopic (exact) mass is 726 g/mol. The van der Waals surface area contributed by atoms with E-state index in [1.807, 2.05) is 41.5 Å². The number of amides is 2. The van der Waals surface area contributed by atoms with Gasteiger partial charge in [-0.05, 0) is 50.3 Å². The number of hydrogen-bond acceptors (Lipinski definition) is 9. The zero-order chi connectivity index (χ0) is 36.5. The van der Waals surface area contributed by atoms with Gasteiger partial charge in [0.25, 0.3) is 5.91 Å². The Kier molecular flexibility index (Phi) is 13.2. The van der Waals surface area contributed by atoms with Gasteiger partial charge in [0, 0.05) is 23.9 Å². The Bertz CT molecular complexity index is 1760. The molecule has 3 aromatic carbocycles. The zero-order valence-corrected chi connectivity index (χ0v) is 30.4. The predicted octanol–water partition coefficient (Wildman–Crippen LogP) is 5.49. The van der Waals surface area contributed by atoms with Crippen molar-refractivity contribution in [2.24, 2.45) is 0 Å². The topological polar surface area (TPSA) is 174 Å². The molecule has 2 amide bonds. The van der Waals surface area contributed by atoms with Crippen LogP contribution in [0.15, 0.2) is 76.5 Å². The van der Waals surface area contributed by atoms with Crippen molar-refractivity contribution in [2.45, 2.75) is 86.7 Å². The molecule has 0 saturated carbocycles. The minimum atomic E-state index is -4.07. The van der Waals surface area contributed by atoms with Crippen molar-refractivity contribution in [2.75, 3.05) is 24.3 Å². The predicted molar refractivity (Wildman–Crippen MR) is 193 cm³/mol. The second kappa shape index (κ2) is 17.1. The lowest BCUT2D eigenvalue weighted by molar-refractivity contribution is -0.141. The van der Waals surface area contributed by atoms with E-state index in [1.54, 1.807) is 18.2 Å². The van der Waals surface area contributed by atoms with Crippen LogP contribution in [0.3, 0.4) is 0 Å². The molecular formula is C36H46N4O8S2. The van der Waals surface area contributed by atoms with Crippen LogP contribution in [-0.4, -0.2) is 67.4 Å². The summed E-state index contributed by atoms with van der Waals surface area (Å²) in [4.78, 5) is 40.4. The Labute approximate surface area is 298 Å². The van der Waals surface area contributed by atoms with Gasteiger partial charge in [-0.3, -0.25) is 14.4 Å². The molecule has 3 aromatic rings. The van der Waals surface area contributed by atoms with Crippen LogP contribution in [0.5, 0.6) is 11.5 Å². The molecule has 5 N–H and O–H groups in total. The third-order valence-electron chi connectivity index (χ3n) is 8.63. The fourth-order valence-corrected chi connectivity index (χ4v) is 8.17. The van der Waals surface area contributed by atoms with Crippen molar-refractivity contribution in [1.29, 1.82) is 0 Å². The van der Waals surface area contributed by atoms with Crippen molar-refractivity contribution in [3.05, 3.63) is 72.3 Å². The van der Waals surface area contributed by atoms with E-state index >= 15 is 0 Å². The number of carboxylic acid groups (broad SMARTS) is 1. The number of sulfonamides is 1. The van der Waals surface area contributed by atoms with Gasteiger partial charge in [-0.2, -0.15) is 0 Å². The van der Waals surface area contributed by atoms with Gasteiger partial charge in [0.1, 0.15) is 28.5 Å². The number of benzene rings is 3. The van der Waals surface area contributed by atoms with E-state index in [1.165, 1.54) is 36.9 Å². The lowest BCUT2D eigenvalue weighted by Gasteiger charge is -2.37. The molecular weight excluding hydrogens is 681 g/mol. The molecule has 0 fully saturated rings. The van der Waals surface area contributed by atoms with Crippen molar-refractivity contribution in [3.63, 3.8) is 0 Å². The summed E-state index contributed by atoms with van der Waals surface area (Å²) < 4.78 is 37.6. The minimum Gasteiger partial charge on any atom is -0.508 e.